The van der Waals surface area contributed by atoms with Crippen molar-refractivity contribution in [3.63, 3.8) is 0 Å². The maximum atomic E-state index is 13.0. The molecule has 0 aliphatic heterocycles. The van der Waals surface area contributed by atoms with Gasteiger partial charge in [-0.3, -0.25) is 9.59 Å². The Labute approximate surface area is 204 Å². The maximum Gasteiger partial charge on any atom is 0.251 e. The first-order valence-electron chi connectivity index (χ1n) is 11.5. The molecule has 1 unspecified atom stereocenters. The van der Waals surface area contributed by atoms with Crippen LogP contribution in [0.25, 0.3) is 0 Å². The van der Waals surface area contributed by atoms with E-state index >= 15 is 0 Å². The lowest BCUT2D eigenvalue weighted by atomic mass is 10.1. The zero-order chi connectivity index (χ0) is 24.6. The highest BCUT2D eigenvalue weighted by atomic mass is 16.5. The van der Waals surface area contributed by atoms with E-state index in [0.29, 0.717) is 35.3 Å². The van der Waals surface area contributed by atoms with Gasteiger partial charge in [0.25, 0.3) is 5.91 Å². The fourth-order valence-electron chi connectivity index (χ4n) is 3.59. The quantitative estimate of drug-likeness (QED) is 0.381. The normalized spacial score (nSPS) is 13.4. The number of ether oxygens (including phenoxy) is 2. The van der Waals surface area contributed by atoms with Crippen molar-refractivity contribution in [2.24, 2.45) is 5.92 Å². The first-order valence-corrected chi connectivity index (χ1v) is 11.5. The first-order chi connectivity index (χ1) is 17.0. The van der Waals surface area contributed by atoms with Gasteiger partial charge in [0.05, 0.1) is 26.1 Å². The molecule has 2 aromatic heterocycles. The van der Waals surface area contributed by atoms with Crippen LogP contribution in [0.1, 0.15) is 36.0 Å². The topological polar surface area (TPSA) is 114 Å². The molecule has 0 spiro atoms. The highest BCUT2D eigenvalue weighted by Gasteiger charge is 2.27. The summed E-state index contributed by atoms with van der Waals surface area (Å²) in [6.45, 7) is 0. The van der Waals surface area contributed by atoms with E-state index in [-0.39, 0.29) is 11.8 Å². The summed E-state index contributed by atoms with van der Waals surface area (Å²) < 4.78 is 10.2. The summed E-state index contributed by atoms with van der Waals surface area (Å²) in [5.41, 5.74) is 2.64. The predicted octanol–water partition coefficient (Wildman–Crippen LogP) is 4.16. The second-order valence-corrected chi connectivity index (χ2v) is 8.41. The van der Waals surface area contributed by atoms with Gasteiger partial charge in [0, 0.05) is 35.3 Å². The molecular formula is C26H29N5O4. The Bertz CT molecular complexity index is 1150. The number of pyridine rings is 2. The van der Waals surface area contributed by atoms with E-state index in [1.807, 2.05) is 18.2 Å². The van der Waals surface area contributed by atoms with Gasteiger partial charge in [0.15, 0.2) is 0 Å². The molecule has 3 N–H and O–H groups in total. The lowest BCUT2D eigenvalue weighted by Crippen LogP contribution is -2.43. The zero-order valence-corrected chi connectivity index (χ0v) is 19.8. The van der Waals surface area contributed by atoms with Crippen LogP contribution in [-0.2, 0) is 4.79 Å². The molecule has 1 fully saturated rings. The Kier molecular flexibility index (Phi) is 7.77. The van der Waals surface area contributed by atoms with Crippen LogP contribution >= 0.6 is 0 Å². The SMILES string of the molecule is COc1ccc(NC(=O)C(CCC2CC2)NC(=O)c2ccc(Nc3ccnc(OC)c3)cc2)cn1. The van der Waals surface area contributed by atoms with Crippen LogP contribution < -0.4 is 25.4 Å². The average Bonchev–Trinajstić information content (AvgIpc) is 3.72. The number of carbonyl (C=O) groups excluding carboxylic acids is 2. The number of carbonyl (C=O) groups is 2. The van der Waals surface area contributed by atoms with E-state index in [4.69, 9.17) is 9.47 Å². The smallest absolute Gasteiger partial charge is 0.251 e. The van der Waals surface area contributed by atoms with Gasteiger partial charge in [-0.25, -0.2) is 9.97 Å². The molecule has 2 amide bonds. The Morgan fingerprint density at radius 2 is 1.69 bits per heavy atom. The fraction of sp³-hybridized carbons (Fsp3) is 0.308. The minimum atomic E-state index is -0.646. The van der Waals surface area contributed by atoms with Gasteiger partial charge in [0.1, 0.15) is 6.04 Å². The number of methoxy groups -OCH3 is 2. The summed E-state index contributed by atoms with van der Waals surface area (Å²) >= 11 is 0. The van der Waals surface area contributed by atoms with E-state index in [1.165, 1.54) is 26.1 Å². The molecule has 0 bridgehead atoms. The Balaban J connectivity index is 1.39. The largest absolute Gasteiger partial charge is 0.481 e. The molecule has 3 aromatic rings. The molecule has 9 heteroatoms. The Hall–Kier alpha value is -4.14. The molecule has 35 heavy (non-hydrogen) atoms. The zero-order valence-electron chi connectivity index (χ0n) is 19.8. The summed E-state index contributed by atoms with van der Waals surface area (Å²) in [5, 5.41) is 8.99. The van der Waals surface area contributed by atoms with Crippen LogP contribution in [0.5, 0.6) is 11.8 Å². The van der Waals surface area contributed by atoms with E-state index < -0.39 is 6.04 Å². The van der Waals surface area contributed by atoms with Crippen LogP contribution in [-0.4, -0.2) is 42.0 Å². The average molecular weight is 476 g/mol. The van der Waals surface area contributed by atoms with Crippen molar-refractivity contribution in [3.8, 4) is 11.8 Å². The number of hydrogen-bond donors (Lipinski definition) is 3. The minimum Gasteiger partial charge on any atom is -0.481 e. The summed E-state index contributed by atoms with van der Waals surface area (Å²) in [6.07, 6.45) is 7.02. The number of aromatic nitrogens is 2. The standard InChI is InChI=1S/C26H29N5O4/c1-34-23-12-10-21(16-28-23)30-26(33)22(11-5-17-3-4-17)31-25(32)18-6-8-19(9-7-18)29-20-13-14-27-24(15-20)35-2/h6-10,12-17,22H,3-5,11H2,1-2H3,(H,27,29)(H,30,33)(H,31,32). The van der Waals surface area contributed by atoms with Crippen LogP contribution in [0.2, 0.25) is 0 Å². The van der Waals surface area contributed by atoms with Gasteiger partial charge >= 0.3 is 0 Å². The van der Waals surface area contributed by atoms with Gasteiger partial charge in [-0.05, 0) is 55.2 Å². The molecular weight excluding hydrogens is 446 g/mol. The molecule has 182 valence electrons. The molecule has 1 aromatic carbocycles. The van der Waals surface area contributed by atoms with Crippen LogP contribution in [0.3, 0.4) is 0 Å². The summed E-state index contributed by atoms with van der Waals surface area (Å²) in [7, 11) is 3.09. The number of hydrogen-bond acceptors (Lipinski definition) is 7. The second-order valence-electron chi connectivity index (χ2n) is 8.41. The number of nitrogens with zero attached hydrogens (tertiary/aromatic N) is 2. The van der Waals surface area contributed by atoms with Gasteiger partial charge in [-0.1, -0.05) is 12.8 Å². The number of amides is 2. The third-order valence-electron chi connectivity index (χ3n) is 5.78. The summed E-state index contributed by atoms with van der Waals surface area (Å²) in [5.74, 6) is 1.04. The fourth-order valence-corrected chi connectivity index (χ4v) is 3.59. The van der Waals surface area contributed by atoms with Crippen molar-refractivity contribution < 1.29 is 19.1 Å². The molecule has 4 rings (SSSR count). The van der Waals surface area contributed by atoms with E-state index in [2.05, 4.69) is 25.9 Å². The first kappa shape index (κ1) is 24.0. The molecule has 0 radical (unpaired) electrons. The molecule has 1 atom stereocenters. The van der Waals surface area contributed by atoms with E-state index in [0.717, 1.165) is 17.8 Å². The highest BCUT2D eigenvalue weighted by Crippen LogP contribution is 2.34. The number of nitrogens with one attached hydrogen (secondary N) is 3. The minimum absolute atomic E-state index is 0.268. The molecule has 2 heterocycles. The van der Waals surface area contributed by atoms with E-state index in [9.17, 15) is 9.59 Å². The van der Waals surface area contributed by atoms with Crippen LogP contribution in [0.4, 0.5) is 17.1 Å². The third kappa shape index (κ3) is 6.92. The van der Waals surface area contributed by atoms with Crippen molar-refractivity contribution in [3.05, 3.63) is 66.5 Å². The summed E-state index contributed by atoms with van der Waals surface area (Å²) in [4.78, 5) is 34.1. The second kappa shape index (κ2) is 11.3. The predicted molar refractivity (Wildman–Crippen MR) is 133 cm³/mol. The van der Waals surface area contributed by atoms with Gasteiger partial charge in [-0.2, -0.15) is 0 Å². The molecule has 1 aliphatic rings. The monoisotopic (exact) mass is 475 g/mol. The van der Waals surface area contributed by atoms with Crippen LogP contribution in [0.15, 0.2) is 60.9 Å². The van der Waals surface area contributed by atoms with Crippen molar-refractivity contribution >= 4 is 28.9 Å². The molecule has 0 saturated heterocycles. The molecule has 1 saturated carbocycles. The van der Waals surface area contributed by atoms with Crippen LogP contribution in [0, 0.1) is 5.92 Å². The van der Waals surface area contributed by atoms with Crippen molar-refractivity contribution in [1.82, 2.24) is 15.3 Å². The van der Waals surface area contributed by atoms with Gasteiger partial charge in [-0.15, -0.1) is 0 Å². The molecule has 9 nitrogen and oxygen atoms in total. The molecule has 1 aliphatic carbocycles. The van der Waals surface area contributed by atoms with Gasteiger partial charge in [0.2, 0.25) is 17.7 Å². The number of anilines is 3. The highest BCUT2D eigenvalue weighted by molar-refractivity contribution is 6.01. The van der Waals surface area contributed by atoms with Gasteiger partial charge < -0.3 is 25.4 Å². The lowest BCUT2D eigenvalue weighted by molar-refractivity contribution is -0.118. The Morgan fingerprint density at radius 3 is 2.34 bits per heavy atom. The summed E-state index contributed by atoms with van der Waals surface area (Å²) in [6, 6.07) is 13.4. The maximum absolute atomic E-state index is 13.0. The van der Waals surface area contributed by atoms with E-state index in [1.54, 1.807) is 43.6 Å². The third-order valence-corrected chi connectivity index (χ3v) is 5.78. The number of benzene rings is 1. The van der Waals surface area contributed by atoms with Crippen molar-refractivity contribution in [2.75, 3.05) is 24.9 Å². The lowest BCUT2D eigenvalue weighted by Gasteiger charge is -2.19. The Morgan fingerprint density at radius 1 is 0.943 bits per heavy atom. The van der Waals surface area contributed by atoms with Crippen molar-refractivity contribution in [1.29, 1.82) is 0 Å². The number of rotatable bonds is 11. The van der Waals surface area contributed by atoms with Crippen molar-refractivity contribution in [2.45, 2.75) is 31.7 Å².